The third-order valence-electron chi connectivity index (χ3n) is 3.89. The molecular formula is C19H15NO2. The van der Waals surface area contributed by atoms with E-state index in [-0.39, 0.29) is 5.78 Å². The molecule has 0 amide bonds. The summed E-state index contributed by atoms with van der Waals surface area (Å²) in [6.07, 6.45) is 3.47. The number of hydrogen-bond acceptors (Lipinski definition) is 3. The first-order valence-electron chi connectivity index (χ1n) is 7.13. The third kappa shape index (κ3) is 2.64. The predicted molar refractivity (Wildman–Crippen MR) is 84.8 cm³/mol. The van der Waals surface area contributed by atoms with Gasteiger partial charge < -0.3 is 4.74 Å². The van der Waals surface area contributed by atoms with Gasteiger partial charge in [0, 0.05) is 11.1 Å². The van der Waals surface area contributed by atoms with Crippen molar-refractivity contribution in [2.24, 2.45) is 0 Å². The van der Waals surface area contributed by atoms with Crippen LogP contribution in [0.3, 0.4) is 0 Å². The number of ether oxygens (including phenoxy) is 1. The van der Waals surface area contributed by atoms with E-state index in [0.29, 0.717) is 5.56 Å². The van der Waals surface area contributed by atoms with Crippen LogP contribution in [-0.2, 0) is 6.42 Å². The number of nitriles is 1. The van der Waals surface area contributed by atoms with Crippen LogP contribution >= 0.6 is 0 Å². The summed E-state index contributed by atoms with van der Waals surface area (Å²) in [4.78, 5) is 12.6. The second-order valence-electron chi connectivity index (χ2n) is 5.26. The van der Waals surface area contributed by atoms with E-state index in [1.54, 1.807) is 19.2 Å². The van der Waals surface area contributed by atoms with E-state index in [2.05, 4.69) is 6.07 Å². The van der Waals surface area contributed by atoms with E-state index < -0.39 is 0 Å². The standard InChI is InChI=1S/C19H15NO2/c1-22-17-8-9-18-15(11-17)6-7-16(19(18)21)10-13-2-4-14(12-20)5-3-13/h2-5,8-11H,6-7H2,1H3/b16-10+. The van der Waals surface area contributed by atoms with Crippen LogP contribution in [0.15, 0.2) is 48.0 Å². The molecule has 0 spiro atoms. The highest BCUT2D eigenvalue weighted by atomic mass is 16.5. The van der Waals surface area contributed by atoms with Crippen molar-refractivity contribution in [3.8, 4) is 11.8 Å². The van der Waals surface area contributed by atoms with Gasteiger partial charge in [0.25, 0.3) is 0 Å². The maximum absolute atomic E-state index is 12.6. The molecule has 1 aliphatic rings. The Morgan fingerprint density at radius 2 is 1.91 bits per heavy atom. The molecule has 0 bridgehead atoms. The molecule has 0 aromatic heterocycles. The first-order chi connectivity index (χ1) is 10.7. The summed E-state index contributed by atoms with van der Waals surface area (Å²) < 4.78 is 5.21. The van der Waals surface area contributed by atoms with Crippen LogP contribution in [0.1, 0.15) is 33.5 Å². The van der Waals surface area contributed by atoms with E-state index >= 15 is 0 Å². The number of Topliss-reactive ketones (excluding diaryl/α,β-unsaturated/α-hetero) is 1. The molecule has 0 heterocycles. The van der Waals surface area contributed by atoms with Crippen molar-refractivity contribution >= 4 is 11.9 Å². The van der Waals surface area contributed by atoms with Gasteiger partial charge in [-0.1, -0.05) is 12.1 Å². The fourth-order valence-electron chi connectivity index (χ4n) is 2.67. The fraction of sp³-hybridized carbons (Fsp3) is 0.158. The molecule has 2 aromatic rings. The summed E-state index contributed by atoms with van der Waals surface area (Å²) in [6.45, 7) is 0. The average Bonchev–Trinajstić information content (AvgIpc) is 2.57. The van der Waals surface area contributed by atoms with Crippen LogP contribution < -0.4 is 4.74 Å². The third-order valence-corrected chi connectivity index (χ3v) is 3.89. The SMILES string of the molecule is COc1ccc2c(c1)CC/C(=C\c1ccc(C#N)cc1)C2=O. The zero-order chi connectivity index (χ0) is 15.5. The Morgan fingerprint density at radius 1 is 1.14 bits per heavy atom. The molecule has 3 rings (SSSR count). The van der Waals surface area contributed by atoms with Crippen LogP contribution in [0.4, 0.5) is 0 Å². The van der Waals surface area contributed by atoms with Crippen LogP contribution in [0.2, 0.25) is 0 Å². The van der Waals surface area contributed by atoms with Crippen LogP contribution in [-0.4, -0.2) is 12.9 Å². The Morgan fingerprint density at radius 3 is 2.59 bits per heavy atom. The Bertz CT molecular complexity index is 795. The number of rotatable bonds is 2. The van der Waals surface area contributed by atoms with Crippen molar-refractivity contribution in [2.75, 3.05) is 7.11 Å². The molecule has 0 radical (unpaired) electrons. The fourth-order valence-corrected chi connectivity index (χ4v) is 2.67. The number of fused-ring (bicyclic) bond motifs is 1. The first-order valence-corrected chi connectivity index (χ1v) is 7.13. The molecule has 0 saturated carbocycles. The highest BCUT2D eigenvalue weighted by molar-refractivity contribution is 6.13. The predicted octanol–water partition coefficient (Wildman–Crippen LogP) is 3.78. The maximum Gasteiger partial charge on any atom is 0.189 e. The maximum atomic E-state index is 12.6. The monoisotopic (exact) mass is 289 g/mol. The lowest BCUT2D eigenvalue weighted by Crippen LogP contribution is -2.14. The van der Waals surface area contributed by atoms with Crippen molar-refractivity contribution < 1.29 is 9.53 Å². The smallest absolute Gasteiger partial charge is 0.189 e. The molecule has 108 valence electrons. The second kappa shape index (κ2) is 5.87. The van der Waals surface area contributed by atoms with Gasteiger partial charge in [-0.05, 0) is 60.4 Å². The molecule has 22 heavy (non-hydrogen) atoms. The molecule has 0 aliphatic heterocycles. The lowest BCUT2D eigenvalue weighted by Gasteiger charge is -2.18. The van der Waals surface area contributed by atoms with Gasteiger partial charge in [-0.25, -0.2) is 0 Å². The van der Waals surface area contributed by atoms with Gasteiger partial charge >= 0.3 is 0 Å². The molecule has 0 saturated heterocycles. The van der Waals surface area contributed by atoms with Gasteiger partial charge in [0.2, 0.25) is 0 Å². The topological polar surface area (TPSA) is 50.1 Å². The summed E-state index contributed by atoms with van der Waals surface area (Å²) in [5.41, 5.74) is 4.17. The summed E-state index contributed by atoms with van der Waals surface area (Å²) in [5.74, 6) is 0.860. The Hall–Kier alpha value is -2.86. The molecule has 3 nitrogen and oxygen atoms in total. The second-order valence-corrected chi connectivity index (χ2v) is 5.26. The molecule has 2 aromatic carbocycles. The zero-order valence-corrected chi connectivity index (χ0v) is 12.3. The number of nitrogens with zero attached hydrogens (tertiary/aromatic N) is 1. The van der Waals surface area contributed by atoms with Crippen molar-refractivity contribution in [3.63, 3.8) is 0 Å². The number of methoxy groups -OCH3 is 1. The molecule has 1 aliphatic carbocycles. The molecule has 3 heteroatoms. The van der Waals surface area contributed by atoms with E-state index in [0.717, 1.165) is 40.9 Å². The summed E-state index contributed by atoms with van der Waals surface area (Å²) >= 11 is 0. The summed E-state index contributed by atoms with van der Waals surface area (Å²) in [6, 6.07) is 14.9. The quantitative estimate of drug-likeness (QED) is 0.790. The molecular weight excluding hydrogens is 274 g/mol. The Labute approximate surface area is 129 Å². The summed E-state index contributed by atoms with van der Waals surface area (Å²) in [7, 11) is 1.63. The van der Waals surface area contributed by atoms with Crippen molar-refractivity contribution in [1.29, 1.82) is 5.26 Å². The summed E-state index contributed by atoms with van der Waals surface area (Å²) in [5, 5.41) is 8.81. The zero-order valence-electron chi connectivity index (χ0n) is 12.3. The van der Waals surface area contributed by atoms with Gasteiger partial charge in [0.15, 0.2) is 5.78 Å². The largest absolute Gasteiger partial charge is 0.497 e. The molecule has 0 N–H and O–H groups in total. The van der Waals surface area contributed by atoms with Crippen LogP contribution in [0.25, 0.3) is 6.08 Å². The van der Waals surface area contributed by atoms with Crippen molar-refractivity contribution in [3.05, 3.63) is 70.3 Å². The lowest BCUT2D eigenvalue weighted by atomic mass is 9.86. The number of allylic oxidation sites excluding steroid dienone is 1. The number of benzene rings is 2. The number of ketones is 1. The van der Waals surface area contributed by atoms with E-state index in [1.807, 2.05) is 36.4 Å². The minimum atomic E-state index is 0.0771. The lowest BCUT2D eigenvalue weighted by molar-refractivity contribution is 0.102. The van der Waals surface area contributed by atoms with E-state index in [1.165, 1.54) is 0 Å². The van der Waals surface area contributed by atoms with Gasteiger partial charge in [-0.3, -0.25) is 4.79 Å². The Balaban J connectivity index is 1.91. The van der Waals surface area contributed by atoms with Gasteiger partial charge in [0.1, 0.15) is 5.75 Å². The molecule has 0 fully saturated rings. The Kier molecular flexibility index (Phi) is 3.76. The van der Waals surface area contributed by atoms with Gasteiger partial charge in [-0.15, -0.1) is 0 Å². The number of carbonyl (C=O) groups excluding carboxylic acids is 1. The van der Waals surface area contributed by atoms with E-state index in [4.69, 9.17) is 10.00 Å². The average molecular weight is 289 g/mol. The van der Waals surface area contributed by atoms with Gasteiger partial charge in [0.05, 0.1) is 18.7 Å². The van der Waals surface area contributed by atoms with Crippen molar-refractivity contribution in [1.82, 2.24) is 0 Å². The number of aryl methyl sites for hydroxylation is 1. The van der Waals surface area contributed by atoms with Crippen LogP contribution in [0.5, 0.6) is 5.75 Å². The molecule has 0 unspecified atom stereocenters. The highest BCUT2D eigenvalue weighted by Gasteiger charge is 2.22. The minimum absolute atomic E-state index is 0.0771. The minimum Gasteiger partial charge on any atom is -0.497 e. The van der Waals surface area contributed by atoms with Crippen LogP contribution in [0, 0.1) is 11.3 Å². The van der Waals surface area contributed by atoms with Crippen molar-refractivity contribution in [2.45, 2.75) is 12.8 Å². The number of carbonyl (C=O) groups is 1. The highest BCUT2D eigenvalue weighted by Crippen LogP contribution is 2.29. The normalized spacial score (nSPS) is 15.3. The number of hydrogen-bond donors (Lipinski definition) is 0. The first kappa shape index (κ1) is 14.1. The van der Waals surface area contributed by atoms with Gasteiger partial charge in [-0.2, -0.15) is 5.26 Å². The van der Waals surface area contributed by atoms with E-state index in [9.17, 15) is 4.79 Å². The molecule has 0 atom stereocenters.